The first-order valence-corrected chi connectivity index (χ1v) is 25.6. The van der Waals surface area contributed by atoms with Crippen molar-refractivity contribution in [2.24, 2.45) is 5.92 Å². The summed E-state index contributed by atoms with van der Waals surface area (Å²) in [5, 5.41) is 2.76. The maximum atomic E-state index is 13.9. The molecule has 1 aliphatic carbocycles. The Morgan fingerprint density at radius 1 is 0.717 bits per heavy atom. The van der Waals surface area contributed by atoms with Crippen LogP contribution in [0.25, 0.3) is 11.1 Å². The van der Waals surface area contributed by atoms with Gasteiger partial charge in [0.05, 0.1) is 17.8 Å². The number of allylic oxidation sites excluding steroid dienone is 1. The molecule has 7 nitrogen and oxygen atoms in total. The molecule has 0 heterocycles. The third-order valence-electron chi connectivity index (χ3n) is 10.8. The molecule has 1 aliphatic rings. The number of carbonyl (C=O) groups is 3. The lowest BCUT2D eigenvalue weighted by Gasteiger charge is -2.35. The molecule has 0 bridgehead atoms. The zero-order chi connectivity index (χ0) is 42.5. The van der Waals surface area contributed by atoms with Crippen molar-refractivity contribution < 1.29 is 28.6 Å². The molecule has 0 unspecified atom stereocenters. The van der Waals surface area contributed by atoms with Crippen LogP contribution in [-0.4, -0.2) is 57.2 Å². The second kappa shape index (κ2) is 20.7. The number of benzene rings is 5. The van der Waals surface area contributed by atoms with Gasteiger partial charge in [-0.05, 0) is 69.2 Å². The van der Waals surface area contributed by atoms with Gasteiger partial charge in [0.15, 0.2) is 0 Å². The summed E-state index contributed by atoms with van der Waals surface area (Å²) in [7, 11) is -1.43. The first kappa shape index (κ1) is 44.2. The Morgan fingerprint density at radius 3 is 1.72 bits per heavy atom. The fourth-order valence-corrected chi connectivity index (χ4v) is 9.81. The minimum absolute atomic E-state index is 0.118. The molecule has 5 aromatic carbocycles. The SMILES string of the molecule is CC(C)[C@H](NC(=O)OCC1c2ccccc2-c2ccccc21)C(=O)O[C@H](C=CCCSC(c1ccccc1)(c1ccccc1)c1ccccc1)CC(=O)OCC[Si](C)(C)C. The van der Waals surface area contributed by atoms with E-state index in [0.29, 0.717) is 13.0 Å². The van der Waals surface area contributed by atoms with Gasteiger partial charge in [-0.1, -0.05) is 179 Å². The Hall–Kier alpha value is -5.38. The van der Waals surface area contributed by atoms with E-state index >= 15 is 0 Å². The van der Waals surface area contributed by atoms with Crippen molar-refractivity contribution in [3.8, 4) is 11.1 Å². The Labute approximate surface area is 361 Å². The molecule has 6 rings (SSSR count). The van der Waals surface area contributed by atoms with Gasteiger partial charge in [-0.3, -0.25) is 4.79 Å². The number of esters is 2. The van der Waals surface area contributed by atoms with Crippen molar-refractivity contribution in [1.29, 1.82) is 0 Å². The van der Waals surface area contributed by atoms with Crippen LogP contribution in [0.5, 0.6) is 0 Å². The molecule has 0 spiro atoms. The van der Waals surface area contributed by atoms with Gasteiger partial charge in [0, 0.05) is 14.0 Å². The van der Waals surface area contributed by atoms with Crippen molar-refractivity contribution >= 4 is 37.9 Å². The number of alkyl carbamates (subject to hydrolysis) is 1. The Kier molecular flexibility index (Phi) is 15.3. The molecular weight excluding hydrogens is 783 g/mol. The van der Waals surface area contributed by atoms with E-state index in [4.69, 9.17) is 14.2 Å². The number of ether oxygens (including phenoxy) is 3. The maximum absolute atomic E-state index is 13.9. The van der Waals surface area contributed by atoms with Gasteiger partial charge >= 0.3 is 18.0 Å². The van der Waals surface area contributed by atoms with E-state index in [0.717, 1.165) is 34.1 Å². The van der Waals surface area contributed by atoms with Gasteiger partial charge in [-0.25, -0.2) is 9.59 Å². The van der Waals surface area contributed by atoms with Crippen LogP contribution in [0, 0.1) is 5.92 Å². The number of hydrogen-bond acceptors (Lipinski definition) is 7. The van der Waals surface area contributed by atoms with Gasteiger partial charge in [0.1, 0.15) is 18.8 Å². The lowest BCUT2D eigenvalue weighted by atomic mass is 9.84. The number of thioether (sulfide) groups is 1. The first-order valence-electron chi connectivity index (χ1n) is 20.9. The highest BCUT2D eigenvalue weighted by Gasteiger charge is 2.37. The lowest BCUT2D eigenvalue weighted by molar-refractivity contribution is -0.155. The van der Waals surface area contributed by atoms with Crippen molar-refractivity contribution in [1.82, 2.24) is 5.32 Å². The number of carbonyl (C=O) groups excluding carboxylic acids is 3. The average molecular weight is 840 g/mol. The van der Waals surface area contributed by atoms with Gasteiger partial charge < -0.3 is 19.5 Å². The molecule has 60 heavy (non-hydrogen) atoms. The molecule has 0 fully saturated rings. The highest BCUT2D eigenvalue weighted by atomic mass is 32.2. The lowest BCUT2D eigenvalue weighted by Crippen LogP contribution is -2.46. The summed E-state index contributed by atoms with van der Waals surface area (Å²) in [6.07, 6.45) is 2.64. The van der Waals surface area contributed by atoms with E-state index in [1.165, 1.54) is 16.7 Å². The Balaban J connectivity index is 1.14. The van der Waals surface area contributed by atoms with Crippen LogP contribution in [0.15, 0.2) is 152 Å². The molecule has 9 heteroatoms. The minimum Gasteiger partial charge on any atom is -0.466 e. The molecule has 312 valence electrons. The smallest absolute Gasteiger partial charge is 0.407 e. The zero-order valence-electron chi connectivity index (χ0n) is 35.3. The van der Waals surface area contributed by atoms with E-state index in [1.54, 1.807) is 6.08 Å². The number of hydrogen-bond donors (Lipinski definition) is 1. The van der Waals surface area contributed by atoms with Crippen LogP contribution in [0.4, 0.5) is 4.79 Å². The summed E-state index contributed by atoms with van der Waals surface area (Å²) in [5.41, 5.74) is 7.98. The van der Waals surface area contributed by atoms with Crippen LogP contribution in [-0.2, 0) is 28.5 Å². The van der Waals surface area contributed by atoms with E-state index in [-0.39, 0.29) is 24.9 Å². The van der Waals surface area contributed by atoms with Crippen LogP contribution >= 0.6 is 11.8 Å². The first-order chi connectivity index (χ1) is 29.0. The van der Waals surface area contributed by atoms with Gasteiger partial charge in [0.25, 0.3) is 0 Å². The fraction of sp³-hybridized carbons (Fsp3) is 0.314. The largest absolute Gasteiger partial charge is 0.466 e. The van der Waals surface area contributed by atoms with E-state index < -0.39 is 43.0 Å². The van der Waals surface area contributed by atoms with Crippen molar-refractivity contribution in [3.05, 3.63) is 179 Å². The molecule has 2 atom stereocenters. The molecule has 1 amide bonds. The van der Waals surface area contributed by atoms with Gasteiger partial charge in [-0.2, -0.15) is 0 Å². The average Bonchev–Trinajstić information content (AvgIpc) is 3.57. The van der Waals surface area contributed by atoms with Gasteiger partial charge in [-0.15, -0.1) is 11.8 Å². The highest BCUT2D eigenvalue weighted by molar-refractivity contribution is 8.00. The van der Waals surface area contributed by atoms with E-state index in [9.17, 15) is 14.4 Å². The summed E-state index contributed by atoms with van der Waals surface area (Å²) in [4.78, 5) is 40.3. The normalized spacial score (nSPS) is 13.6. The summed E-state index contributed by atoms with van der Waals surface area (Å²) < 4.78 is 17.0. The maximum Gasteiger partial charge on any atom is 0.407 e. The number of fused-ring (bicyclic) bond motifs is 3. The van der Waals surface area contributed by atoms with Crippen LogP contribution in [0.1, 0.15) is 60.4 Å². The summed E-state index contributed by atoms with van der Waals surface area (Å²) in [6, 6.07) is 47.7. The molecule has 0 aromatic heterocycles. The third-order valence-corrected chi connectivity index (χ3v) is 14.1. The topological polar surface area (TPSA) is 90.9 Å². The molecule has 0 saturated carbocycles. The fourth-order valence-electron chi connectivity index (χ4n) is 7.63. The minimum atomic E-state index is -1.43. The third kappa shape index (κ3) is 11.3. The predicted octanol–water partition coefficient (Wildman–Crippen LogP) is 11.4. The summed E-state index contributed by atoms with van der Waals surface area (Å²) in [5.74, 6) is -0.787. The van der Waals surface area contributed by atoms with E-state index in [2.05, 4.69) is 122 Å². The molecular formula is C51H57NO6SSi. The highest BCUT2D eigenvalue weighted by Crippen LogP contribution is 2.49. The van der Waals surface area contributed by atoms with Crippen molar-refractivity contribution in [3.63, 3.8) is 0 Å². The molecule has 0 saturated heterocycles. The second-order valence-corrected chi connectivity index (χ2v) is 23.7. The Morgan fingerprint density at radius 2 is 1.22 bits per heavy atom. The molecule has 5 aromatic rings. The second-order valence-electron chi connectivity index (χ2n) is 16.7. The molecule has 1 N–H and O–H groups in total. The van der Waals surface area contributed by atoms with Crippen molar-refractivity contribution in [2.75, 3.05) is 19.0 Å². The molecule has 0 radical (unpaired) electrons. The summed E-state index contributed by atoms with van der Waals surface area (Å²) >= 11 is 1.83. The number of amides is 1. The molecule has 0 aliphatic heterocycles. The predicted molar refractivity (Wildman–Crippen MR) is 246 cm³/mol. The Bertz CT molecular complexity index is 2060. The number of rotatable bonds is 19. The summed E-state index contributed by atoms with van der Waals surface area (Å²) in [6.45, 7) is 10.8. The van der Waals surface area contributed by atoms with Crippen LogP contribution in [0.3, 0.4) is 0 Å². The standard InChI is InChI=1S/C51H57NO6SSi/c1-37(2)48(52-50(55)57-36-46-44-30-17-15-28-42(44)43-29-16-18-31-45(43)46)49(54)58-41(35-47(53)56-32-34-60(3,4)5)27-19-20-33-59-51(38-21-9-6-10-22-38,39-23-11-7-12-24-39)40-25-13-8-14-26-40/h6-19,21-31,37,41,46,48H,20,32-36H2,1-5H3,(H,52,55)/t41-,48+/m1/s1. The van der Waals surface area contributed by atoms with E-state index in [1.807, 2.05) is 74.1 Å². The van der Waals surface area contributed by atoms with Crippen LogP contribution in [0.2, 0.25) is 25.7 Å². The number of nitrogens with one attached hydrogen (secondary N) is 1. The van der Waals surface area contributed by atoms with Crippen LogP contribution < -0.4 is 5.32 Å². The monoisotopic (exact) mass is 839 g/mol. The van der Waals surface area contributed by atoms with Crippen molar-refractivity contribution in [2.45, 2.75) is 75.2 Å². The quantitative estimate of drug-likeness (QED) is 0.0221. The van der Waals surface area contributed by atoms with Gasteiger partial charge in [0.2, 0.25) is 0 Å². The zero-order valence-corrected chi connectivity index (χ0v) is 37.2.